The van der Waals surface area contributed by atoms with Crippen molar-refractivity contribution in [2.45, 2.75) is 31.7 Å². The van der Waals surface area contributed by atoms with Crippen molar-refractivity contribution in [3.8, 4) is 0 Å². The minimum Gasteiger partial charge on any atom is -0.385 e. The Kier molecular flexibility index (Phi) is 8.00. The molecular formula is C10H23NO3S. The van der Waals surface area contributed by atoms with Crippen molar-refractivity contribution >= 4 is 9.84 Å². The van der Waals surface area contributed by atoms with E-state index in [2.05, 4.69) is 5.32 Å². The van der Waals surface area contributed by atoms with Gasteiger partial charge < -0.3 is 10.1 Å². The van der Waals surface area contributed by atoms with Crippen LogP contribution in [-0.2, 0) is 14.6 Å². The molecule has 0 aromatic rings. The number of ether oxygens (including phenoxy) is 1. The third-order valence-corrected chi connectivity index (χ3v) is 3.41. The lowest BCUT2D eigenvalue weighted by Crippen LogP contribution is -2.26. The minimum atomic E-state index is -2.81. The number of sulfone groups is 1. The van der Waals surface area contributed by atoms with Gasteiger partial charge in [-0.05, 0) is 32.7 Å². The molecule has 0 saturated carbocycles. The largest absolute Gasteiger partial charge is 0.385 e. The normalized spacial score (nSPS) is 14.1. The summed E-state index contributed by atoms with van der Waals surface area (Å²) in [5, 5.41) is 3.20. The van der Waals surface area contributed by atoms with Gasteiger partial charge in [0.05, 0.1) is 0 Å². The van der Waals surface area contributed by atoms with E-state index >= 15 is 0 Å². The second-order valence-corrected chi connectivity index (χ2v) is 6.15. The molecule has 1 unspecified atom stereocenters. The Hall–Kier alpha value is -0.130. The molecule has 0 radical (unpaired) electrons. The monoisotopic (exact) mass is 237 g/mol. The maximum Gasteiger partial charge on any atom is 0.147 e. The van der Waals surface area contributed by atoms with Gasteiger partial charge in [-0.2, -0.15) is 0 Å². The van der Waals surface area contributed by atoms with E-state index in [-0.39, 0.29) is 5.75 Å². The van der Waals surface area contributed by atoms with E-state index < -0.39 is 9.84 Å². The van der Waals surface area contributed by atoms with Crippen LogP contribution >= 0.6 is 0 Å². The molecule has 5 heteroatoms. The van der Waals surface area contributed by atoms with Gasteiger partial charge in [0, 0.05) is 31.8 Å². The highest BCUT2D eigenvalue weighted by atomic mass is 32.2. The fraction of sp³-hybridized carbons (Fsp3) is 1.00. The summed E-state index contributed by atoms with van der Waals surface area (Å²) in [4.78, 5) is 0. The van der Waals surface area contributed by atoms with Crippen LogP contribution in [0.3, 0.4) is 0 Å². The van der Waals surface area contributed by atoms with Crippen LogP contribution in [0.4, 0.5) is 0 Å². The quantitative estimate of drug-likeness (QED) is 0.603. The van der Waals surface area contributed by atoms with Crippen molar-refractivity contribution in [3.05, 3.63) is 0 Å². The second kappa shape index (κ2) is 8.07. The third-order valence-electron chi connectivity index (χ3n) is 2.38. The third kappa shape index (κ3) is 10.2. The Morgan fingerprint density at radius 1 is 1.27 bits per heavy atom. The van der Waals surface area contributed by atoms with Crippen LogP contribution in [-0.4, -0.2) is 47.2 Å². The average molecular weight is 237 g/mol. The van der Waals surface area contributed by atoms with Crippen LogP contribution in [0.15, 0.2) is 0 Å². The molecule has 1 N–H and O–H groups in total. The van der Waals surface area contributed by atoms with Gasteiger partial charge in [0.15, 0.2) is 0 Å². The molecule has 0 heterocycles. The molecule has 0 rings (SSSR count). The Bertz CT molecular complexity index is 239. The zero-order chi connectivity index (χ0) is 11.7. The maximum atomic E-state index is 10.9. The molecule has 0 bridgehead atoms. The lowest BCUT2D eigenvalue weighted by Gasteiger charge is -2.15. The lowest BCUT2D eigenvalue weighted by atomic mass is 10.1. The molecule has 0 saturated heterocycles. The molecular weight excluding hydrogens is 214 g/mol. The Morgan fingerprint density at radius 3 is 2.33 bits per heavy atom. The molecule has 15 heavy (non-hydrogen) atoms. The van der Waals surface area contributed by atoms with Crippen molar-refractivity contribution in [3.63, 3.8) is 0 Å². The van der Waals surface area contributed by atoms with Crippen molar-refractivity contribution in [1.29, 1.82) is 0 Å². The lowest BCUT2D eigenvalue weighted by molar-refractivity contribution is 0.188. The second-order valence-electron chi connectivity index (χ2n) is 3.89. The highest BCUT2D eigenvalue weighted by molar-refractivity contribution is 7.90. The first-order valence-electron chi connectivity index (χ1n) is 5.33. The molecule has 0 spiro atoms. The molecule has 4 nitrogen and oxygen atoms in total. The number of hydrogen-bond acceptors (Lipinski definition) is 4. The average Bonchev–Trinajstić information content (AvgIpc) is 2.14. The summed E-state index contributed by atoms with van der Waals surface area (Å²) in [6.07, 6.45) is 4.98. The van der Waals surface area contributed by atoms with Crippen LogP contribution < -0.4 is 5.32 Å². The van der Waals surface area contributed by atoms with E-state index in [0.29, 0.717) is 6.04 Å². The van der Waals surface area contributed by atoms with Crippen molar-refractivity contribution in [2.75, 3.05) is 32.8 Å². The Balaban J connectivity index is 3.61. The molecule has 0 aliphatic heterocycles. The first-order chi connectivity index (χ1) is 6.99. The number of nitrogens with one attached hydrogen (secondary N) is 1. The Morgan fingerprint density at radius 2 is 1.87 bits per heavy atom. The van der Waals surface area contributed by atoms with E-state index in [9.17, 15) is 8.42 Å². The van der Waals surface area contributed by atoms with E-state index in [0.717, 1.165) is 32.3 Å². The van der Waals surface area contributed by atoms with E-state index in [1.807, 2.05) is 7.05 Å². The molecule has 0 aliphatic rings. The summed E-state index contributed by atoms with van der Waals surface area (Å²) in [5.41, 5.74) is 0. The fourth-order valence-electron chi connectivity index (χ4n) is 1.50. The molecule has 0 fully saturated rings. The standard InChI is InChI=1S/C10H23NO3S/c1-11-10(6-4-8-14-2)7-5-9-15(3,12)13/h10-11H,4-9H2,1-3H3. The zero-order valence-electron chi connectivity index (χ0n) is 9.95. The van der Waals surface area contributed by atoms with Crippen LogP contribution in [0, 0.1) is 0 Å². The highest BCUT2D eigenvalue weighted by Gasteiger charge is 2.08. The predicted molar refractivity (Wildman–Crippen MR) is 62.9 cm³/mol. The first-order valence-corrected chi connectivity index (χ1v) is 7.39. The highest BCUT2D eigenvalue weighted by Crippen LogP contribution is 2.06. The van der Waals surface area contributed by atoms with Gasteiger partial charge >= 0.3 is 0 Å². The van der Waals surface area contributed by atoms with Crippen molar-refractivity contribution < 1.29 is 13.2 Å². The smallest absolute Gasteiger partial charge is 0.147 e. The maximum absolute atomic E-state index is 10.9. The summed E-state index contributed by atoms with van der Waals surface area (Å²) in [5.74, 6) is 0.287. The zero-order valence-corrected chi connectivity index (χ0v) is 10.8. The van der Waals surface area contributed by atoms with Crippen molar-refractivity contribution in [2.24, 2.45) is 0 Å². The van der Waals surface area contributed by atoms with Crippen molar-refractivity contribution in [1.82, 2.24) is 5.32 Å². The molecule has 1 atom stereocenters. The van der Waals surface area contributed by atoms with Gasteiger partial charge in [-0.3, -0.25) is 0 Å². The summed E-state index contributed by atoms with van der Waals surface area (Å²) < 4.78 is 26.8. The summed E-state index contributed by atoms with van der Waals surface area (Å²) in [7, 11) is 0.801. The summed E-state index contributed by atoms with van der Waals surface area (Å²) in [6, 6.07) is 0.405. The minimum absolute atomic E-state index is 0.287. The van der Waals surface area contributed by atoms with Crippen LogP contribution in [0.1, 0.15) is 25.7 Å². The first kappa shape index (κ1) is 14.9. The number of hydrogen-bond donors (Lipinski definition) is 1. The van der Waals surface area contributed by atoms with Gasteiger partial charge in [-0.1, -0.05) is 0 Å². The van der Waals surface area contributed by atoms with Crippen LogP contribution in [0.25, 0.3) is 0 Å². The molecule has 0 aromatic heterocycles. The molecule has 92 valence electrons. The van der Waals surface area contributed by atoms with Crippen LogP contribution in [0.5, 0.6) is 0 Å². The van der Waals surface area contributed by atoms with E-state index in [4.69, 9.17) is 4.74 Å². The molecule has 0 aromatic carbocycles. The fourth-order valence-corrected chi connectivity index (χ4v) is 2.19. The Labute approximate surface area is 93.3 Å². The van der Waals surface area contributed by atoms with E-state index in [1.54, 1.807) is 7.11 Å². The van der Waals surface area contributed by atoms with Crippen LogP contribution in [0.2, 0.25) is 0 Å². The van der Waals surface area contributed by atoms with Gasteiger partial charge in [-0.25, -0.2) is 8.42 Å². The van der Waals surface area contributed by atoms with Gasteiger partial charge in [0.1, 0.15) is 9.84 Å². The number of rotatable bonds is 9. The predicted octanol–water partition coefficient (Wildman–Crippen LogP) is 0.826. The summed E-state index contributed by atoms with van der Waals surface area (Å²) >= 11 is 0. The van der Waals surface area contributed by atoms with Gasteiger partial charge in [0.2, 0.25) is 0 Å². The topological polar surface area (TPSA) is 55.4 Å². The molecule has 0 amide bonds. The van der Waals surface area contributed by atoms with Gasteiger partial charge in [-0.15, -0.1) is 0 Å². The SMILES string of the molecule is CNC(CCCOC)CCCS(C)(=O)=O. The van der Waals surface area contributed by atoms with Gasteiger partial charge in [0.25, 0.3) is 0 Å². The molecule has 0 aliphatic carbocycles. The summed E-state index contributed by atoms with van der Waals surface area (Å²) in [6.45, 7) is 0.768. The van der Waals surface area contributed by atoms with E-state index in [1.165, 1.54) is 6.26 Å². The number of methoxy groups -OCH3 is 1.